The van der Waals surface area contributed by atoms with Crippen LogP contribution in [0, 0.1) is 13.8 Å². The van der Waals surface area contributed by atoms with Crippen LogP contribution in [-0.4, -0.2) is 19.8 Å². The highest BCUT2D eigenvalue weighted by atomic mass is 16.5. The Kier molecular flexibility index (Phi) is 4.75. The van der Waals surface area contributed by atoms with E-state index >= 15 is 0 Å². The first-order chi connectivity index (χ1) is 7.17. The number of benzene rings is 1. The number of nitrogens with one attached hydrogen (secondary N) is 1. The normalized spacial score (nSPS) is 12.8. The van der Waals surface area contributed by atoms with Gasteiger partial charge in [0.05, 0.1) is 6.61 Å². The summed E-state index contributed by atoms with van der Waals surface area (Å²) in [7, 11) is 1.69. The summed E-state index contributed by atoms with van der Waals surface area (Å²) in [5, 5.41) is 0. The predicted molar refractivity (Wildman–Crippen MR) is 62.6 cm³/mol. The molecular weight excluding hydrogens is 188 g/mol. The molecule has 1 aromatic rings. The van der Waals surface area contributed by atoms with E-state index in [1.54, 1.807) is 7.11 Å². The summed E-state index contributed by atoms with van der Waals surface area (Å²) in [6, 6.07) is 6.67. The van der Waals surface area contributed by atoms with E-state index in [0.717, 1.165) is 6.42 Å². The molecule has 0 fully saturated rings. The Labute approximate surface area is 91.6 Å². The molecule has 1 rings (SSSR count). The van der Waals surface area contributed by atoms with Crippen molar-refractivity contribution >= 4 is 0 Å². The first-order valence-corrected chi connectivity index (χ1v) is 5.18. The first kappa shape index (κ1) is 12.2. The molecule has 0 saturated heterocycles. The molecule has 0 aliphatic carbocycles. The van der Waals surface area contributed by atoms with E-state index in [0.29, 0.717) is 6.61 Å². The largest absolute Gasteiger partial charge is 0.383 e. The molecular formula is C12H20N2O. The Morgan fingerprint density at radius 3 is 2.60 bits per heavy atom. The first-order valence-electron chi connectivity index (χ1n) is 5.18. The van der Waals surface area contributed by atoms with Crippen LogP contribution in [0.4, 0.5) is 0 Å². The number of methoxy groups -OCH3 is 1. The van der Waals surface area contributed by atoms with E-state index in [9.17, 15) is 0 Å². The van der Waals surface area contributed by atoms with E-state index in [1.807, 2.05) is 0 Å². The van der Waals surface area contributed by atoms with Gasteiger partial charge in [-0.25, -0.2) is 0 Å². The highest BCUT2D eigenvalue weighted by Gasteiger charge is 2.07. The second kappa shape index (κ2) is 5.85. The van der Waals surface area contributed by atoms with Gasteiger partial charge in [-0.05, 0) is 37.0 Å². The number of hydrogen-bond acceptors (Lipinski definition) is 3. The molecule has 0 radical (unpaired) electrons. The lowest BCUT2D eigenvalue weighted by atomic mass is 10.0. The van der Waals surface area contributed by atoms with Crippen LogP contribution in [0.3, 0.4) is 0 Å². The number of ether oxygens (including phenoxy) is 1. The molecule has 0 aromatic heterocycles. The van der Waals surface area contributed by atoms with E-state index in [1.165, 1.54) is 16.7 Å². The van der Waals surface area contributed by atoms with Gasteiger partial charge in [0.1, 0.15) is 0 Å². The Balaban J connectivity index is 2.66. The summed E-state index contributed by atoms with van der Waals surface area (Å²) in [5.41, 5.74) is 6.69. The summed E-state index contributed by atoms with van der Waals surface area (Å²) < 4.78 is 5.08. The standard InChI is InChI=1S/C12H20N2O/c1-9-4-5-11(6-10(9)2)7-12(14-13)8-15-3/h4-6,12,14H,7-8,13H2,1-3H3. The van der Waals surface area contributed by atoms with E-state index in [4.69, 9.17) is 10.6 Å². The number of aryl methyl sites for hydroxylation is 2. The van der Waals surface area contributed by atoms with Gasteiger partial charge in [0.2, 0.25) is 0 Å². The van der Waals surface area contributed by atoms with E-state index in [2.05, 4.69) is 37.5 Å². The topological polar surface area (TPSA) is 47.3 Å². The molecule has 3 heteroatoms. The van der Waals surface area contributed by atoms with Crippen LogP contribution in [0.2, 0.25) is 0 Å². The smallest absolute Gasteiger partial charge is 0.0632 e. The second-order valence-corrected chi connectivity index (χ2v) is 3.94. The number of rotatable bonds is 5. The maximum atomic E-state index is 5.44. The minimum absolute atomic E-state index is 0.178. The van der Waals surface area contributed by atoms with Crippen molar-refractivity contribution in [3.05, 3.63) is 34.9 Å². The van der Waals surface area contributed by atoms with Crippen molar-refractivity contribution in [2.45, 2.75) is 26.3 Å². The fourth-order valence-electron chi connectivity index (χ4n) is 1.58. The summed E-state index contributed by atoms with van der Waals surface area (Å²) >= 11 is 0. The molecule has 3 nitrogen and oxygen atoms in total. The minimum atomic E-state index is 0.178. The van der Waals surface area contributed by atoms with Crippen molar-refractivity contribution in [3.63, 3.8) is 0 Å². The van der Waals surface area contributed by atoms with Crippen LogP contribution in [0.1, 0.15) is 16.7 Å². The van der Waals surface area contributed by atoms with Crippen molar-refractivity contribution in [2.75, 3.05) is 13.7 Å². The van der Waals surface area contributed by atoms with E-state index < -0.39 is 0 Å². The third-order valence-corrected chi connectivity index (χ3v) is 2.66. The van der Waals surface area contributed by atoms with Crippen LogP contribution in [-0.2, 0) is 11.2 Å². The summed E-state index contributed by atoms with van der Waals surface area (Å²) in [6.45, 7) is 4.87. The fourth-order valence-corrected chi connectivity index (χ4v) is 1.58. The highest BCUT2D eigenvalue weighted by molar-refractivity contribution is 5.30. The average Bonchev–Trinajstić information content (AvgIpc) is 2.23. The third-order valence-electron chi connectivity index (χ3n) is 2.66. The number of hydrazine groups is 1. The molecule has 0 heterocycles. The van der Waals surface area contributed by atoms with E-state index in [-0.39, 0.29) is 6.04 Å². The molecule has 0 aliphatic heterocycles. The maximum Gasteiger partial charge on any atom is 0.0632 e. The Bertz CT molecular complexity index is 312. The SMILES string of the molecule is COCC(Cc1ccc(C)c(C)c1)NN. The fraction of sp³-hybridized carbons (Fsp3) is 0.500. The van der Waals surface area contributed by atoms with Crippen molar-refractivity contribution in [1.29, 1.82) is 0 Å². The maximum absolute atomic E-state index is 5.44. The van der Waals surface area contributed by atoms with Gasteiger partial charge in [0.15, 0.2) is 0 Å². The zero-order chi connectivity index (χ0) is 11.3. The van der Waals surface area contributed by atoms with Gasteiger partial charge < -0.3 is 4.74 Å². The summed E-state index contributed by atoms with van der Waals surface area (Å²) in [5.74, 6) is 5.44. The molecule has 0 spiro atoms. The van der Waals surface area contributed by atoms with Gasteiger partial charge in [-0.3, -0.25) is 11.3 Å². The predicted octanol–water partition coefficient (Wildman–Crippen LogP) is 1.32. The molecule has 0 aliphatic rings. The van der Waals surface area contributed by atoms with Crippen molar-refractivity contribution < 1.29 is 4.74 Å². The van der Waals surface area contributed by atoms with Crippen molar-refractivity contribution in [3.8, 4) is 0 Å². The third kappa shape index (κ3) is 3.63. The quantitative estimate of drug-likeness (QED) is 0.567. The second-order valence-electron chi connectivity index (χ2n) is 3.94. The lowest BCUT2D eigenvalue weighted by Gasteiger charge is -2.15. The van der Waals surface area contributed by atoms with Gasteiger partial charge in [-0.2, -0.15) is 0 Å². The number of hydrogen-bond donors (Lipinski definition) is 2. The molecule has 3 N–H and O–H groups in total. The monoisotopic (exact) mass is 208 g/mol. The van der Waals surface area contributed by atoms with Crippen LogP contribution in [0.25, 0.3) is 0 Å². The van der Waals surface area contributed by atoms with Gasteiger partial charge in [0, 0.05) is 13.2 Å². The molecule has 1 aromatic carbocycles. The molecule has 84 valence electrons. The molecule has 1 unspecified atom stereocenters. The Morgan fingerprint density at radius 2 is 2.07 bits per heavy atom. The molecule has 0 bridgehead atoms. The average molecular weight is 208 g/mol. The molecule has 1 atom stereocenters. The lowest BCUT2D eigenvalue weighted by Crippen LogP contribution is -2.40. The van der Waals surface area contributed by atoms with Crippen molar-refractivity contribution in [2.24, 2.45) is 5.84 Å². The highest BCUT2D eigenvalue weighted by Crippen LogP contribution is 2.11. The van der Waals surface area contributed by atoms with Crippen LogP contribution >= 0.6 is 0 Å². The Hall–Kier alpha value is -0.900. The van der Waals surface area contributed by atoms with Gasteiger partial charge in [0.25, 0.3) is 0 Å². The summed E-state index contributed by atoms with van der Waals surface area (Å²) in [6.07, 6.45) is 0.894. The van der Waals surface area contributed by atoms with Crippen molar-refractivity contribution in [1.82, 2.24) is 5.43 Å². The van der Waals surface area contributed by atoms with Gasteiger partial charge in [-0.15, -0.1) is 0 Å². The molecule has 0 amide bonds. The zero-order valence-corrected chi connectivity index (χ0v) is 9.71. The van der Waals surface area contributed by atoms with Gasteiger partial charge >= 0.3 is 0 Å². The molecule has 0 saturated carbocycles. The number of nitrogens with two attached hydrogens (primary N) is 1. The van der Waals surface area contributed by atoms with Crippen LogP contribution in [0.15, 0.2) is 18.2 Å². The summed E-state index contributed by atoms with van der Waals surface area (Å²) in [4.78, 5) is 0. The zero-order valence-electron chi connectivity index (χ0n) is 9.71. The lowest BCUT2D eigenvalue weighted by molar-refractivity contribution is 0.166. The van der Waals surface area contributed by atoms with Crippen LogP contribution in [0.5, 0.6) is 0 Å². The minimum Gasteiger partial charge on any atom is -0.383 e. The van der Waals surface area contributed by atoms with Gasteiger partial charge in [-0.1, -0.05) is 18.2 Å². The Morgan fingerprint density at radius 1 is 1.33 bits per heavy atom. The van der Waals surface area contributed by atoms with Crippen LogP contribution < -0.4 is 11.3 Å². The molecule has 15 heavy (non-hydrogen) atoms.